The first-order chi connectivity index (χ1) is 10.7. The van der Waals surface area contributed by atoms with Crippen molar-refractivity contribution in [1.82, 2.24) is 10.6 Å². The van der Waals surface area contributed by atoms with E-state index in [-0.39, 0.29) is 24.0 Å². The van der Waals surface area contributed by atoms with E-state index in [9.17, 15) is 5.11 Å². The molecule has 1 unspecified atom stereocenters. The minimum atomic E-state index is -0.707. The minimum absolute atomic E-state index is 0. The number of hydrogen-bond acceptors (Lipinski definition) is 3. The van der Waals surface area contributed by atoms with Gasteiger partial charge in [0.2, 0.25) is 0 Å². The average molecular weight is 450 g/mol. The number of aliphatic imine (C=N–C) groups is 1. The van der Waals surface area contributed by atoms with Crippen LogP contribution in [0.4, 0.5) is 0 Å². The Morgan fingerprint density at radius 2 is 2.04 bits per heavy atom. The highest BCUT2D eigenvalue weighted by Crippen LogP contribution is 2.21. The van der Waals surface area contributed by atoms with Crippen molar-refractivity contribution in [2.24, 2.45) is 4.99 Å². The van der Waals surface area contributed by atoms with Crippen LogP contribution in [0.5, 0.6) is 0 Å². The summed E-state index contributed by atoms with van der Waals surface area (Å²) < 4.78 is 5.24. The van der Waals surface area contributed by atoms with Crippen molar-refractivity contribution in [3.63, 3.8) is 0 Å². The number of nitrogens with one attached hydrogen (secondary N) is 2. The first kappa shape index (κ1) is 19.8. The number of aliphatic hydroxyl groups excluding tert-OH is 1. The topological polar surface area (TPSA) is 69.8 Å². The number of benzene rings is 1. The molecule has 5 nitrogen and oxygen atoms in total. The van der Waals surface area contributed by atoms with Gasteiger partial charge in [0.25, 0.3) is 0 Å². The van der Waals surface area contributed by atoms with Crippen LogP contribution in [0.15, 0.2) is 52.1 Å². The van der Waals surface area contributed by atoms with Gasteiger partial charge in [-0.25, -0.2) is 4.99 Å². The van der Waals surface area contributed by atoms with Gasteiger partial charge in [0.05, 0.1) is 12.4 Å². The quantitative estimate of drug-likeness (QED) is 0.359. The van der Waals surface area contributed by atoms with Gasteiger partial charge in [-0.2, -0.15) is 0 Å². The maximum Gasteiger partial charge on any atom is 0.191 e. The summed E-state index contributed by atoms with van der Waals surface area (Å²) in [5, 5.41) is 17.0. The summed E-state index contributed by atoms with van der Waals surface area (Å²) >= 11 is 6.08. The van der Waals surface area contributed by atoms with E-state index in [0.717, 1.165) is 12.3 Å². The lowest BCUT2D eigenvalue weighted by Gasteiger charge is -2.16. The molecule has 1 heterocycles. The molecule has 0 bridgehead atoms. The Hall–Kier alpha value is -1.25. The molecule has 0 amide bonds. The maximum atomic E-state index is 10.2. The second-order valence-electron chi connectivity index (χ2n) is 4.69. The molecule has 1 atom stereocenters. The van der Waals surface area contributed by atoms with Gasteiger partial charge in [0.15, 0.2) is 5.96 Å². The molecule has 0 aliphatic heterocycles. The van der Waals surface area contributed by atoms with E-state index in [4.69, 9.17) is 16.0 Å². The SMILES string of the molecule is CCNC(=NCc1ccco1)NCC(O)c1ccccc1Cl.I. The van der Waals surface area contributed by atoms with Gasteiger partial charge in [-0.3, -0.25) is 0 Å². The normalized spacial score (nSPS) is 12.4. The Kier molecular flexibility index (Phi) is 9.05. The second kappa shape index (κ2) is 10.5. The van der Waals surface area contributed by atoms with E-state index >= 15 is 0 Å². The molecule has 0 aliphatic carbocycles. The first-order valence-electron chi connectivity index (χ1n) is 7.17. The van der Waals surface area contributed by atoms with E-state index in [0.29, 0.717) is 29.6 Å². The van der Waals surface area contributed by atoms with Gasteiger partial charge < -0.3 is 20.2 Å². The zero-order valence-electron chi connectivity index (χ0n) is 12.8. The molecule has 0 fully saturated rings. The Labute approximate surface area is 158 Å². The van der Waals surface area contributed by atoms with Crippen LogP contribution in [-0.4, -0.2) is 24.2 Å². The van der Waals surface area contributed by atoms with Crippen LogP contribution in [0, 0.1) is 0 Å². The molecule has 1 aromatic carbocycles. The second-order valence-corrected chi connectivity index (χ2v) is 5.10. The summed E-state index contributed by atoms with van der Waals surface area (Å²) in [5.41, 5.74) is 0.693. The van der Waals surface area contributed by atoms with Crippen LogP contribution in [-0.2, 0) is 6.54 Å². The fraction of sp³-hybridized carbons (Fsp3) is 0.312. The van der Waals surface area contributed by atoms with Gasteiger partial charge in [-0.1, -0.05) is 29.8 Å². The molecule has 1 aromatic heterocycles. The lowest BCUT2D eigenvalue weighted by Crippen LogP contribution is -2.39. The molecule has 0 radical (unpaired) electrons. The van der Waals surface area contributed by atoms with Gasteiger partial charge in [0.1, 0.15) is 12.3 Å². The zero-order valence-corrected chi connectivity index (χ0v) is 15.9. The number of hydrogen-bond donors (Lipinski definition) is 3. The smallest absolute Gasteiger partial charge is 0.191 e. The van der Waals surface area contributed by atoms with Crippen molar-refractivity contribution in [3.8, 4) is 0 Å². The highest BCUT2D eigenvalue weighted by Gasteiger charge is 2.11. The maximum absolute atomic E-state index is 10.2. The molecular formula is C16H21ClIN3O2. The molecule has 3 N–H and O–H groups in total. The van der Waals surface area contributed by atoms with Crippen molar-refractivity contribution < 1.29 is 9.52 Å². The third-order valence-electron chi connectivity index (χ3n) is 3.04. The monoisotopic (exact) mass is 449 g/mol. The van der Waals surface area contributed by atoms with Crippen molar-refractivity contribution >= 4 is 41.5 Å². The molecule has 0 saturated heterocycles. The van der Waals surface area contributed by atoms with Crippen molar-refractivity contribution in [1.29, 1.82) is 0 Å². The lowest BCUT2D eigenvalue weighted by atomic mass is 10.1. The van der Waals surface area contributed by atoms with Gasteiger partial charge >= 0.3 is 0 Å². The van der Waals surface area contributed by atoms with Crippen LogP contribution >= 0.6 is 35.6 Å². The average Bonchev–Trinajstić information content (AvgIpc) is 3.03. The standard InChI is InChI=1S/C16H20ClN3O2.HI/c1-2-18-16(19-10-12-6-5-9-22-12)20-11-15(21)13-7-3-4-8-14(13)17;/h3-9,15,21H,2,10-11H2,1H3,(H2,18,19,20);1H. The third-order valence-corrected chi connectivity index (χ3v) is 3.39. The fourth-order valence-electron chi connectivity index (χ4n) is 1.95. The summed E-state index contributed by atoms with van der Waals surface area (Å²) in [6.07, 6.45) is 0.910. The molecule has 23 heavy (non-hydrogen) atoms. The predicted molar refractivity (Wildman–Crippen MR) is 103 cm³/mol. The highest BCUT2D eigenvalue weighted by atomic mass is 127. The molecule has 7 heteroatoms. The molecule has 2 aromatic rings. The number of rotatable bonds is 6. The number of aliphatic hydroxyl groups is 1. The number of nitrogens with zero attached hydrogens (tertiary/aromatic N) is 1. The Balaban J connectivity index is 0.00000264. The summed E-state index contributed by atoms with van der Waals surface area (Å²) in [5.74, 6) is 1.40. The summed E-state index contributed by atoms with van der Waals surface area (Å²) in [6.45, 7) is 3.46. The first-order valence-corrected chi connectivity index (χ1v) is 7.55. The number of halogens is 2. The van der Waals surface area contributed by atoms with Crippen LogP contribution in [0.25, 0.3) is 0 Å². The van der Waals surface area contributed by atoms with Gasteiger partial charge in [0, 0.05) is 23.7 Å². The largest absolute Gasteiger partial charge is 0.467 e. The summed E-state index contributed by atoms with van der Waals surface area (Å²) in [4.78, 5) is 4.40. The predicted octanol–water partition coefficient (Wildman–Crippen LogP) is 3.34. The molecule has 0 aliphatic rings. The molecule has 2 rings (SSSR count). The van der Waals surface area contributed by atoms with Crippen LogP contribution < -0.4 is 10.6 Å². The molecule has 0 spiro atoms. The van der Waals surface area contributed by atoms with Crippen LogP contribution in [0.1, 0.15) is 24.4 Å². The molecular weight excluding hydrogens is 429 g/mol. The minimum Gasteiger partial charge on any atom is -0.467 e. The fourth-order valence-corrected chi connectivity index (χ4v) is 2.21. The van der Waals surface area contributed by atoms with Crippen molar-refractivity contribution in [3.05, 3.63) is 59.0 Å². The molecule has 126 valence electrons. The third kappa shape index (κ3) is 6.40. The number of guanidine groups is 1. The van der Waals surface area contributed by atoms with Gasteiger partial charge in [-0.15, -0.1) is 24.0 Å². The van der Waals surface area contributed by atoms with Crippen LogP contribution in [0.3, 0.4) is 0 Å². The summed E-state index contributed by atoms with van der Waals surface area (Å²) in [6, 6.07) is 10.9. The Morgan fingerprint density at radius 1 is 1.26 bits per heavy atom. The Morgan fingerprint density at radius 3 is 2.70 bits per heavy atom. The van der Waals surface area contributed by atoms with E-state index < -0.39 is 6.10 Å². The summed E-state index contributed by atoms with van der Waals surface area (Å²) in [7, 11) is 0. The molecule has 0 saturated carbocycles. The lowest BCUT2D eigenvalue weighted by molar-refractivity contribution is 0.181. The number of furan rings is 1. The van der Waals surface area contributed by atoms with Crippen LogP contribution in [0.2, 0.25) is 5.02 Å². The van der Waals surface area contributed by atoms with E-state index in [1.54, 1.807) is 12.3 Å². The highest BCUT2D eigenvalue weighted by molar-refractivity contribution is 14.0. The van der Waals surface area contributed by atoms with Gasteiger partial charge in [-0.05, 0) is 25.1 Å². The van der Waals surface area contributed by atoms with E-state index in [1.807, 2.05) is 37.3 Å². The Bertz CT molecular complexity index is 605. The van der Waals surface area contributed by atoms with E-state index in [1.165, 1.54) is 0 Å². The van der Waals surface area contributed by atoms with Crippen molar-refractivity contribution in [2.45, 2.75) is 19.6 Å². The van der Waals surface area contributed by atoms with E-state index in [2.05, 4.69) is 15.6 Å². The van der Waals surface area contributed by atoms with Crippen molar-refractivity contribution in [2.75, 3.05) is 13.1 Å². The zero-order chi connectivity index (χ0) is 15.8.